The number of carbonyl (C=O) groups excluding carboxylic acids is 1. The van der Waals surface area contributed by atoms with Crippen LogP contribution in [0, 0.1) is 0 Å². The molecule has 0 atom stereocenters. The van der Waals surface area contributed by atoms with Crippen molar-refractivity contribution in [3.8, 4) is 11.5 Å². The van der Waals surface area contributed by atoms with Crippen LogP contribution in [0.25, 0.3) is 0 Å². The zero-order valence-corrected chi connectivity index (χ0v) is 15.5. The second-order valence-electron chi connectivity index (χ2n) is 6.46. The van der Waals surface area contributed by atoms with Gasteiger partial charge in [0.05, 0.1) is 17.7 Å². The first-order valence-corrected chi connectivity index (χ1v) is 9.20. The number of ketones is 1. The summed E-state index contributed by atoms with van der Waals surface area (Å²) in [4.78, 5) is 24.8. The standard InChI is InChI=1S/C21H27NO4/c1-3-4-5-6-7-8-14-26-16-11-12-19(23)18(15-16)20(24)17-10-9-13-22(2)21(17)25/h9-13,15,23H,3-8,14H2,1-2H3. The molecule has 5 nitrogen and oxygen atoms in total. The van der Waals surface area contributed by atoms with Gasteiger partial charge in [-0.05, 0) is 36.8 Å². The summed E-state index contributed by atoms with van der Waals surface area (Å²) in [6, 6.07) is 7.66. The van der Waals surface area contributed by atoms with Crippen molar-refractivity contribution in [2.24, 2.45) is 7.05 Å². The Morgan fingerprint density at radius 1 is 1.08 bits per heavy atom. The van der Waals surface area contributed by atoms with Crippen molar-refractivity contribution in [2.45, 2.75) is 45.4 Å². The van der Waals surface area contributed by atoms with Gasteiger partial charge in [-0.25, -0.2) is 0 Å². The van der Waals surface area contributed by atoms with Crippen molar-refractivity contribution in [3.63, 3.8) is 0 Å². The van der Waals surface area contributed by atoms with Crippen LogP contribution < -0.4 is 10.3 Å². The third-order valence-electron chi connectivity index (χ3n) is 4.35. The number of aryl methyl sites for hydroxylation is 1. The highest BCUT2D eigenvalue weighted by atomic mass is 16.5. The van der Waals surface area contributed by atoms with E-state index in [0.717, 1.165) is 12.8 Å². The predicted molar refractivity (Wildman–Crippen MR) is 102 cm³/mol. The predicted octanol–water partition coefficient (Wildman–Crippen LogP) is 4.06. The molecule has 0 aliphatic carbocycles. The highest BCUT2D eigenvalue weighted by Gasteiger charge is 2.18. The lowest BCUT2D eigenvalue weighted by Gasteiger charge is -2.10. The number of benzene rings is 1. The topological polar surface area (TPSA) is 68.5 Å². The van der Waals surface area contributed by atoms with E-state index in [4.69, 9.17) is 4.74 Å². The number of nitrogens with zero attached hydrogens (tertiary/aromatic N) is 1. The quantitative estimate of drug-likeness (QED) is 0.514. The summed E-state index contributed by atoms with van der Waals surface area (Å²) in [5, 5.41) is 10.0. The van der Waals surface area contributed by atoms with Gasteiger partial charge in [-0.15, -0.1) is 0 Å². The largest absolute Gasteiger partial charge is 0.507 e. The molecule has 0 saturated carbocycles. The van der Waals surface area contributed by atoms with Crippen molar-refractivity contribution < 1.29 is 14.6 Å². The Balaban J connectivity index is 2.02. The van der Waals surface area contributed by atoms with Gasteiger partial charge >= 0.3 is 0 Å². The summed E-state index contributed by atoms with van der Waals surface area (Å²) in [7, 11) is 1.58. The van der Waals surface area contributed by atoms with Gasteiger partial charge in [0.1, 0.15) is 11.5 Å². The number of carbonyl (C=O) groups is 1. The van der Waals surface area contributed by atoms with Gasteiger partial charge in [0.15, 0.2) is 0 Å². The molecule has 0 bridgehead atoms. The zero-order valence-electron chi connectivity index (χ0n) is 15.5. The van der Waals surface area contributed by atoms with Gasteiger partial charge in [0.2, 0.25) is 5.78 Å². The molecule has 0 fully saturated rings. The van der Waals surface area contributed by atoms with Crippen LogP contribution in [0.3, 0.4) is 0 Å². The molecular weight excluding hydrogens is 330 g/mol. The van der Waals surface area contributed by atoms with E-state index in [1.807, 2.05) is 0 Å². The highest BCUT2D eigenvalue weighted by molar-refractivity contribution is 6.10. The van der Waals surface area contributed by atoms with Crippen LogP contribution in [-0.2, 0) is 7.05 Å². The number of phenolic OH excluding ortho intramolecular Hbond substituents is 1. The lowest BCUT2D eigenvalue weighted by atomic mass is 10.0. The maximum absolute atomic E-state index is 12.6. The first-order chi connectivity index (χ1) is 12.5. The lowest BCUT2D eigenvalue weighted by Crippen LogP contribution is -2.23. The number of aromatic nitrogens is 1. The molecule has 0 saturated heterocycles. The minimum absolute atomic E-state index is 0.0263. The Kier molecular flexibility index (Phi) is 7.45. The van der Waals surface area contributed by atoms with Crippen LogP contribution in [-0.4, -0.2) is 22.1 Å². The monoisotopic (exact) mass is 357 g/mol. The van der Waals surface area contributed by atoms with Crippen molar-refractivity contribution in [2.75, 3.05) is 6.61 Å². The Morgan fingerprint density at radius 2 is 1.81 bits per heavy atom. The molecule has 2 aromatic rings. The molecule has 1 heterocycles. The summed E-state index contributed by atoms with van der Waals surface area (Å²) in [6.45, 7) is 2.76. The molecule has 5 heteroatoms. The number of hydrogen-bond acceptors (Lipinski definition) is 4. The maximum Gasteiger partial charge on any atom is 0.261 e. The fourth-order valence-electron chi connectivity index (χ4n) is 2.77. The van der Waals surface area contributed by atoms with Crippen LogP contribution >= 0.6 is 0 Å². The van der Waals surface area contributed by atoms with E-state index in [-0.39, 0.29) is 16.9 Å². The fraction of sp³-hybridized carbons (Fsp3) is 0.429. The van der Waals surface area contributed by atoms with E-state index in [0.29, 0.717) is 12.4 Å². The first-order valence-electron chi connectivity index (χ1n) is 9.20. The number of rotatable bonds is 10. The number of aromatic hydroxyl groups is 1. The Labute approximate surface area is 154 Å². The second kappa shape index (κ2) is 9.80. The number of ether oxygens (including phenoxy) is 1. The van der Waals surface area contributed by atoms with Crippen molar-refractivity contribution >= 4 is 5.78 Å². The zero-order chi connectivity index (χ0) is 18.9. The van der Waals surface area contributed by atoms with E-state index < -0.39 is 11.3 Å². The number of hydrogen-bond donors (Lipinski definition) is 1. The number of phenols is 1. The SMILES string of the molecule is CCCCCCCCOc1ccc(O)c(C(=O)c2cccn(C)c2=O)c1. The summed E-state index contributed by atoms with van der Waals surface area (Å²) in [5.74, 6) is -0.144. The van der Waals surface area contributed by atoms with E-state index in [9.17, 15) is 14.7 Å². The minimum atomic E-state index is -0.506. The van der Waals surface area contributed by atoms with Crippen molar-refractivity contribution in [1.82, 2.24) is 4.57 Å². The molecule has 1 aromatic carbocycles. The van der Waals surface area contributed by atoms with Gasteiger partial charge in [0, 0.05) is 13.2 Å². The summed E-state index contributed by atoms with van der Waals surface area (Å²) < 4.78 is 7.04. The average Bonchev–Trinajstić information content (AvgIpc) is 2.64. The maximum atomic E-state index is 12.6. The van der Waals surface area contributed by atoms with Gasteiger partial charge in [-0.2, -0.15) is 0 Å². The van der Waals surface area contributed by atoms with Gasteiger partial charge in [0.25, 0.3) is 5.56 Å². The van der Waals surface area contributed by atoms with Gasteiger partial charge in [-0.3, -0.25) is 9.59 Å². The molecule has 0 radical (unpaired) electrons. The van der Waals surface area contributed by atoms with Crippen LogP contribution in [0.1, 0.15) is 61.4 Å². The molecule has 0 amide bonds. The Morgan fingerprint density at radius 3 is 2.58 bits per heavy atom. The normalized spacial score (nSPS) is 10.7. The fourth-order valence-corrected chi connectivity index (χ4v) is 2.77. The summed E-state index contributed by atoms with van der Waals surface area (Å²) in [5.41, 5.74) is -0.289. The van der Waals surface area contributed by atoms with E-state index in [1.54, 1.807) is 25.4 Å². The average molecular weight is 357 g/mol. The molecule has 0 aliphatic rings. The number of unbranched alkanes of at least 4 members (excludes halogenated alkanes) is 5. The van der Waals surface area contributed by atoms with Crippen LogP contribution in [0.15, 0.2) is 41.3 Å². The second-order valence-corrected chi connectivity index (χ2v) is 6.46. The third kappa shape index (κ3) is 5.22. The molecule has 0 spiro atoms. The molecule has 0 unspecified atom stereocenters. The third-order valence-corrected chi connectivity index (χ3v) is 4.35. The molecule has 2 rings (SSSR count). The van der Waals surface area contributed by atoms with Gasteiger partial charge < -0.3 is 14.4 Å². The van der Waals surface area contributed by atoms with Crippen molar-refractivity contribution in [3.05, 3.63) is 58.0 Å². The smallest absolute Gasteiger partial charge is 0.261 e. The molecule has 26 heavy (non-hydrogen) atoms. The van der Waals surface area contributed by atoms with E-state index in [1.165, 1.54) is 48.4 Å². The minimum Gasteiger partial charge on any atom is -0.507 e. The first kappa shape index (κ1) is 19.8. The molecular formula is C21H27NO4. The molecule has 1 aromatic heterocycles. The highest BCUT2D eigenvalue weighted by Crippen LogP contribution is 2.25. The van der Waals surface area contributed by atoms with Gasteiger partial charge in [-0.1, -0.05) is 39.0 Å². The summed E-state index contributed by atoms with van der Waals surface area (Å²) >= 11 is 0. The van der Waals surface area contributed by atoms with E-state index >= 15 is 0 Å². The van der Waals surface area contributed by atoms with Crippen molar-refractivity contribution in [1.29, 1.82) is 0 Å². The number of pyridine rings is 1. The van der Waals surface area contributed by atoms with E-state index in [2.05, 4.69) is 6.92 Å². The Hall–Kier alpha value is -2.56. The molecule has 0 aliphatic heterocycles. The molecule has 140 valence electrons. The lowest BCUT2D eigenvalue weighted by molar-refractivity contribution is 0.103. The Bertz CT molecular complexity index is 795. The summed E-state index contributed by atoms with van der Waals surface area (Å²) in [6.07, 6.45) is 8.60. The van der Waals surface area contributed by atoms with Crippen LogP contribution in [0.2, 0.25) is 0 Å². The van der Waals surface area contributed by atoms with Crippen LogP contribution in [0.4, 0.5) is 0 Å². The molecule has 1 N–H and O–H groups in total. The van der Waals surface area contributed by atoms with Crippen LogP contribution in [0.5, 0.6) is 11.5 Å².